The van der Waals surface area contributed by atoms with E-state index in [2.05, 4.69) is 36.8 Å². The Balaban J connectivity index is 2.43. The molecule has 0 amide bonds. The number of nitrogens with zero attached hydrogens (tertiary/aromatic N) is 2. The van der Waals surface area contributed by atoms with Crippen molar-refractivity contribution in [3.63, 3.8) is 0 Å². The SMILES string of the molecule is Fc1cc2c(cc1Cl)nc(CCl)n2-c1c(Br)cccc1Br. The van der Waals surface area contributed by atoms with E-state index in [4.69, 9.17) is 23.2 Å². The number of aromatic nitrogens is 2. The minimum absolute atomic E-state index is 0.0412. The number of benzene rings is 2. The number of hydrogen-bond donors (Lipinski definition) is 0. The van der Waals surface area contributed by atoms with Crippen LogP contribution in [0, 0.1) is 5.82 Å². The van der Waals surface area contributed by atoms with Gasteiger partial charge in [-0.1, -0.05) is 17.7 Å². The van der Waals surface area contributed by atoms with Crippen LogP contribution in [0.15, 0.2) is 39.3 Å². The molecule has 0 saturated carbocycles. The molecule has 0 atom stereocenters. The maximum atomic E-state index is 13.8. The number of alkyl halides is 1. The fourth-order valence-corrected chi connectivity index (χ4v) is 3.85. The average molecular weight is 453 g/mol. The van der Waals surface area contributed by atoms with Gasteiger partial charge >= 0.3 is 0 Å². The first kappa shape index (κ1) is 15.3. The van der Waals surface area contributed by atoms with Crippen LogP contribution in [0.5, 0.6) is 0 Å². The second kappa shape index (κ2) is 5.88. The summed E-state index contributed by atoms with van der Waals surface area (Å²) in [5, 5.41) is 0.0412. The van der Waals surface area contributed by atoms with Crippen molar-refractivity contribution in [2.24, 2.45) is 0 Å². The molecule has 7 heteroatoms. The molecule has 0 saturated heterocycles. The highest BCUT2D eigenvalue weighted by Crippen LogP contribution is 2.34. The highest BCUT2D eigenvalue weighted by molar-refractivity contribution is 9.11. The van der Waals surface area contributed by atoms with Gasteiger partial charge in [-0.15, -0.1) is 11.6 Å². The molecule has 1 aromatic heterocycles. The summed E-state index contributed by atoms with van der Waals surface area (Å²) >= 11 is 18.8. The summed E-state index contributed by atoms with van der Waals surface area (Å²) in [7, 11) is 0. The first-order valence-electron chi connectivity index (χ1n) is 5.89. The fraction of sp³-hybridized carbons (Fsp3) is 0.0714. The molecule has 3 rings (SSSR count). The van der Waals surface area contributed by atoms with Crippen LogP contribution in [-0.2, 0) is 5.88 Å². The Hall–Kier alpha value is -0.620. The van der Waals surface area contributed by atoms with Gasteiger partial charge in [0, 0.05) is 15.0 Å². The van der Waals surface area contributed by atoms with Crippen molar-refractivity contribution in [1.29, 1.82) is 0 Å². The van der Waals surface area contributed by atoms with Gasteiger partial charge in [0.15, 0.2) is 0 Å². The third kappa shape index (κ3) is 2.61. The number of hydrogen-bond acceptors (Lipinski definition) is 1. The number of fused-ring (bicyclic) bond motifs is 1. The minimum atomic E-state index is -0.491. The van der Waals surface area contributed by atoms with E-state index in [1.54, 1.807) is 0 Å². The lowest BCUT2D eigenvalue weighted by Crippen LogP contribution is -2.01. The molecule has 1 heterocycles. The summed E-state index contributed by atoms with van der Waals surface area (Å²) in [5.74, 6) is 0.317. The lowest BCUT2D eigenvalue weighted by molar-refractivity contribution is 0.629. The Morgan fingerprint density at radius 3 is 2.48 bits per heavy atom. The zero-order valence-corrected chi connectivity index (χ0v) is 15.1. The third-order valence-electron chi connectivity index (χ3n) is 3.05. The summed E-state index contributed by atoms with van der Waals surface area (Å²) in [6.45, 7) is 0. The quantitative estimate of drug-likeness (QED) is 0.431. The van der Waals surface area contributed by atoms with Crippen molar-refractivity contribution < 1.29 is 4.39 Å². The molecule has 0 unspecified atom stereocenters. The largest absolute Gasteiger partial charge is 0.293 e. The third-order valence-corrected chi connectivity index (χ3v) is 4.86. The molecule has 21 heavy (non-hydrogen) atoms. The van der Waals surface area contributed by atoms with Crippen molar-refractivity contribution in [3.05, 3.63) is 55.9 Å². The topological polar surface area (TPSA) is 17.8 Å². The summed E-state index contributed by atoms with van der Waals surface area (Å²) < 4.78 is 17.3. The molecule has 0 spiro atoms. The summed E-state index contributed by atoms with van der Waals surface area (Å²) in [4.78, 5) is 4.43. The molecule has 0 bridgehead atoms. The maximum Gasteiger partial charge on any atom is 0.144 e. The van der Waals surface area contributed by atoms with Gasteiger partial charge in [-0.25, -0.2) is 9.37 Å². The van der Waals surface area contributed by atoms with Crippen molar-refractivity contribution in [2.45, 2.75) is 5.88 Å². The Morgan fingerprint density at radius 2 is 1.86 bits per heavy atom. The van der Waals surface area contributed by atoms with E-state index in [1.807, 2.05) is 22.8 Å². The molecule has 0 fully saturated rings. The van der Waals surface area contributed by atoms with E-state index in [0.717, 1.165) is 14.6 Å². The molecule has 0 aliphatic heterocycles. The maximum absolute atomic E-state index is 13.8. The predicted octanol–water partition coefficient (Wildman–Crippen LogP) is 6.08. The molecule has 3 aromatic rings. The van der Waals surface area contributed by atoms with Gasteiger partial charge in [0.1, 0.15) is 11.6 Å². The Labute approximate surface area is 147 Å². The van der Waals surface area contributed by atoms with E-state index >= 15 is 0 Å². The van der Waals surface area contributed by atoms with E-state index in [-0.39, 0.29) is 10.9 Å². The van der Waals surface area contributed by atoms with E-state index in [0.29, 0.717) is 16.9 Å². The van der Waals surface area contributed by atoms with Gasteiger partial charge < -0.3 is 0 Å². The van der Waals surface area contributed by atoms with Crippen LogP contribution in [0.3, 0.4) is 0 Å². The molecule has 0 N–H and O–H groups in total. The van der Waals surface area contributed by atoms with Crippen molar-refractivity contribution in [3.8, 4) is 5.69 Å². The summed E-state index contributed by atoms with van der Waals surface area (Å²) in [5.41, 5.74) is 2.03. The molecule has 2 aromatic carbocycles. The first-order valence-corrected chi connectivity index (χ1v) is 8.39. The number of para-hydroxylation sites is 1. The lowest BCUT2D eigenvalue weighted by atomic mass is 10.2. The monoisotopic (exact) mass is 450 g/mol. The number of rotatable bonds is 2. The zero-order chi connectivity index (χ0) is 15.1. The van der Waals surface area contributed by atoms with Crippen LogP contribution in [0.1, 0.15) is 5.82 Å². The molecule has 0 radical (unpaired) electrons. The van der Waals surface area contributed by atoms with E-state index in [1.165, 1.54) is 12.1 Å². The van der Waals surface area contributed by atoms with E-state index in [9.17, 15) is 4.39 Å². The van der Waals surface area contributed by atoms with Gasteiger partial charge in [-0.2, -0.15) is 0 Å². The molecule has 108 valence electrons. The average Bonchev–Trinajstić information content (AvgIpc) is 2.77. The Bertz CT molecular complexity index is 828. The molecule has 2 nitrogen and oxygen atoms in total. The van der Waals surface area contributed by atoms with Gasteiger partial charge in [0.2, 0.25) is 0 Å². The highest BCUT2D eigenvalue weighted by atomic mass is 79.9. The highest BCUT2D eigenvalue weighted by Gasteiger charge is 2.18. The second-order valence-corrected chi connectivity index (χ2v) is 6.71. The molecular weight excluding hydrogens is 446 g/mol. The smallest absolute Gasteiger partial charge is 0.144 e. The Morgan fingerprint density at radius 1 is 1.19 bits per heavy atom. The number of imidazole rings is 1. The van der Waals surface area contributed by atoms with Crippen molar-refractivity contribution in [1.82, 2.24) is 9.55 Å². The van der Waals surface area contributed by atoms with Crippen molar-refractivity contribution in [2.75, 3.05) is 0 Å². The van der Waals surface area contributed by atoms with Crippen LogP contribution in [0.4, 0.5) is 4.39 Å². The molecular formula is C14H7Br2Cl2FN2. The first-order chi connectivity index (χ1) is 10.0. The van der Waals surface area contributed by atoms with Crippen LogP contribution in [0.2, 0.25) is 5.02 Å². The normalized spacial score (nSPS) is 11.3. The van der Waals surface area contributed by atoms with E-state index < -0.39 is 5.82 Å². The summed E-state index contributed by atoms with van der Waals surface area (Å²) in [6.07, 6.45) is 0. The van der Waals surface area contributed by atoms with Gasteiger partial charge in [0.05, 0.1) is 27.6 Å². The number of halogens is 5. The second-order valence-electron chi connectivity index (χ2n) is 4.32. The fourth-order valence-electron chi connectivity index (χ4n) is 2.16. The lowest BCUT2D eigenvalue weighted by Gasteiger charge is -2.12. The van der Waals surface area contributed by atoms with Crippen LogP contribution < -0.4 is 0 Å². The summed E-state index contributed by atoms with van der Waals surface area (Å²) in [6, 6.07) is 8.57. The Kier molecular flexibility index (Phi) is 4.28. The minimum Gasteiger partial charge on any atom is -0.293 e. The predicted molar refractivity (Wildman–Crippen MR) is 91.0 cm³/mol. The van der Waals surface area contributed by atoms with Crippen molar-refractivity contribution >= 4 is 66.1 Å². The molecule has 0 aliphatic rings. The van der Waals surface area contributed by atoms with Crippen LogP contribution in [0.25, 0.3) is 16.7 Å². The van der Waals surface area contributed by atoms with Gasteiger partial charge in [-0.3, -0.25) is 4.57 Å². The van der Waals surface area contributed by atoms with Gasteiger partial charge in [0.25, 0.3) is 0 Å². The molecule has 0 aliphatic carbocycles. The van der Waals surface area contributed by atoms with Crippen LogP contribution >= 0.6 is 55.1 Å². The van der Waals surface area contributed by atoms with Crippen LogP contribution in [-0.4, -0.2) is 9.55 Å². The standard InChI is InChI=1S/C14H7Br2Cl2FN2/c15-7-2-1-3-8(16)14(7)21-12-5-10(19)9(18)4-11(12)20-13(21)6-17/h1-5H,6H2. The van der Waals surface area contributed by atoms with Gasteiger partial charge in [-0.05, 0) is 50.1 Å². The zero-order valence-electron chi connectivity index (χ0n) is 10.4.